The van der Waals surface area contributed by atoms with Gasteiger partial charge in [-0.3, -0.25) is 4.79 Å². The Morgan fingerprint density at radius 1 is 1.22 bits per heavy atom. The molecule has 0 spiro atoms. The Kier molecular flexibility index (Phi) is 6.78. The molecule has 0 aliphatic rings. The van der Waals surface area contributed by atoms with Crippen molar-refractivity contribution in [3.05, 3.63) is 52.0 Å². The third-order valence-electron chi connectivity index (χ3n) is 3.83. The molecule has 3 nitrogen and oxygen atoms in total. The van der Waals surface area contributed by atoms with Crippen LogP contribution < -0.4 is 5.32 Å². The van der Waals surface area contributed by atoms with E-state index in [0.717, 1.165) is 23.5 Å². The van der Waals surface area contributed by atoms with Crippen LogP contribution >= 0.6 is 11.3 Å². The fourth-order valence-electron chi connectivity index (χ4n) is 2.41. The molecule has 0 bridgehead atoms. The Bertz CT molecular complexity index is 607. The molecule has 0 radical (unpaired) electrons. The summed E-state index contributed by atoms with van der Waals surface area (Å²) in [7, 11) is 0. The molecule has 1 N–H and O–H groups in total. The van der Waals surface area contributed by atoms with Crippen LogP contribution in [0.5, 0.6) is 0 Å². The first-order valence-electron chi connectivity index (χ1n) is 8.29. The topological polar surface area (TPSA) is 42.0 Å². The van der Waals surface area contributed by atoms with Gasteiger partial charge in [-0.15, -0.1) is 11.3 Å². The van der Waals surface area contributed by atoms with Gasteiger partial charge in [-0.05, 0) is 24.3 Å². The summed E-state index contributed by atoms with van der Waals surface area (Å²) in [6.45, 7) is 6.95. The molecule has 124 valence electrons. The molecule has 23 heavy (non-hydrogen) atoms. The van der Waals surface area contributed by atoms with Crippen LogP contribution in [0.2, 0.25) is 0 Å². The molecule has 2 rings (SSSR count). The number of hydrogen-bond acceptors (Lipinski definition) is 3. The van der Waals surface area contributed by atoms with Crippen LogP contribution in [0.1, 0.15) is 55.8 Å². The lowest BCUT2D eigenvalue weighted by molar-refractivity contribution is -0.122. The number of amides is 1. The first kappa shape index (κ1) is 17.7. The van der Waals surface area contributed by atoms with Crippen LogP contribution in [0.15, 0.2) is 35.7 Å². The highest BCUT2D eigenvalue weighted by molar-refractivity contribution is 7.09. The van der Waals surface area contributed by atoms with Gasteiger partial charge >= 0.3 is 0 Å². The van der Waals surface area contributed by atoms with Gasteiger partial charge in [0, 0.05) is 17.7 Å². The Hall–Kier alpha value is -1.68. The zero-order valence-corrected chi connectivity index (χ0v) is 15.0. The Balaban J connectivity index is 1.69. The molecule has 1 atom stereocenters. The summed E-state index contributed by atoms with van der Waals surface area (Å²) < 4.78 is 0. The molecular weight excluding hydrogens is 304 g/mol. The highest BCUT2D eigenvalue weighted by Crippen LogP contribution is 2.19. The predicted molar refractivity (Wildman–Crippen MR) is 96.6 cm³/mol. The number of thiazole rings is 1. The fourth-order valence-corrected chi connectivity index (χ4v) is 3.24. The molecule has 1 amide bonds. The lowest BCUT2D eigenvalue weighted by Crippen LogP contribution is -2.24. The van der Waals surface area contributed by atoms with Gasteiger partial charge in [-0.2, -0.15) is 0 Å². The van der Waals surface area contributed by atoms with Crippen molar-refractivity contribution in [2.24, 2.45) is 5.92 Å². The summed E-state index contributed by atoms with van der Waals surface area (Å²) in [6.07, 6.45) is 2.64. The lowest BCUT2D eigenvalue weighted by atomic mass is 9.98. The summed E-state index contributed by atoms with van der Waals surface area (Å²) in [6, 6.07) is 10.4. The molecule has 0 aliphatic heterocycles. The summed E-state index contributed by atoms with van der Waals surface area (Å²) in [5.74, 6) is 0.948. The molecule has 0 aliphatic carbocycles. The minimum Gasteiger partial charge on any atom is -0.350 e. The van der Waals surface area contributed by atoms with E-state index >= 15 is 0 Å². The van der Waals surface area contributed by atoms with E-state index in [0.29, 0.717) is 24.8 Å². The van der Waals surface area contributed by atoms with Gasteiger partial charge < -0.3 is 5.32 Å². The standard InChI is InChI=1S/C19H26N2OS/c1-14(2)19-21-17(13-23-19)12-20-18(22)11-15(3)9-10-16-7-5-4-6-8-16/h4-8,13-15H,9-12H2,1-3H3,(H,20,22). The summed E-state index contributed by atoms with van der Waals surface area (Å²) in [5.41, 5.74) is 2.30. The number of aryl methyl sites for hydroxylation is 1. The van der Waals surface area contributed by atoms with E-state index in [-0.39, 0.29) is 5.91 Å². The number of carbonyl (C=O) groups excluding carboxylic acids is 1. The lowest BCUT2D eigenvalue weighted by Gasteiger charge is -2.11. The van der Waals surface area contributed by atoms with Crippen LogP contribution in [0, 0.1) is 5.92 Å². The molecule has 1 aromatic carbocycles. The maximum atomic E-state index is 12.0. The largest absolute Gasteiger partial charge is 0.350 e. The monoisotopic (exact) mass is 330 g/mol. The molecule has 1 unspecified atom stereocenters. The van der Waals surface area contributed by atoms with Crippen molar-refractivity contribution in [1.82, 2.24) is 10.3 Å². The van der Waals surface area contributed by atoms with E-state index in [1.165, 1.54) is 5.56 Å². The summed E-state index contributed by atoms with van der Waals surface area (Å²) in [4.78, 5) is 16.6. The van der Waals surface area contributed by atoms with Gasteiger partial charge in [0.15, 0.2) is 0 Å². The highest BCUT2D eigenvalue weighted by atomic mass is 32.1. The molecule has 4 heteroatoms. The minimum absolute atomic E-state index is 0.115. The Morgan fingerprint density at radius 2 is 1.96 bits per heavy atom. The van der Waals surface area contributed by atoms with Crippen LogP contribution in [0.4, 0.5) is 0 Å². The van der Waals surface area contributed by atoms with Crippen LogP contribution in [-0.2, 0) is 17.8 Å². The van der Waals surface area contributed by atoms with Crippen LogP contribution in [0.3, 0.4) is 0 Å². The van der Waals surface area contributed by atoms with Gasteiger partial charge in [0.1, 0.15) is 0 Å². The number of aromatic nitrogens is 1. The first-order chi connectivity index (χ1) is 11.0. The van der Waals surface area contributed by atoms with Crippen LogP contribution in [-0.4, -0.2) is 10.9 Å². The number of nitrogens with one attached hydrogen (secondary N) is 1. The molecule has 0 saturated heterocycles. The fraction of sp³-hybridized carbons (Fsp3) is 0.474. The van der Waals surface area contributed by atoms with Crippen molar-refractivity contribution in [3.63, 3.8) is 0 Å². The van der Waals surface area contributed by atoms with Gasteiger partial charge in [-0.1, -0.05) is 51.1 Å². The van der Waals surface area contributed by atoms with E-state index in [1.807, 2.05) is 11.4 Å². The highest BCUT2D eigenvalue weighted by Gasteiger charge is 2.11. The second-order valence-electron chi connectivity index (χ2n) is 6.44. The summed E-state index contributed by atoms with van der Waals surface area (Å²) in [5, 5.41) is 6.15. The van der Waals surface area contributed by atoms with E-state index < -0.39 is 0 Å². The summed E-state index contributed by atoms with van der Waals surface area (Å²) >= 11 is 1.67. The smallest absolute Gasteiger partial charge is 0.220 e. The third kappa shape index (κ3) is 6.14. The number of hydrogen-bond donors (Lipinski definition) is 1. The number of carbonyl (C=O) groups is 1. The molecule has 0 saturated carbocycles. The van der Waals surface area contributed by atoms with E-state index in [1.54, 1.807) is 11.3 Å². The Morgan fingerprint density at radius 3 is 2.61 bits per heavy atom. The van der Waals surface area contributed by atoms with Crippen molar-refractivity contribution in [1.29, 1.82) is 0 Å². The normalized spacial score (nSPS) is 12.3. The van der Waals surface area contributed by atoms with Gasteiger partial charge in [0.25, 0.3) is 0 Å². The average molecular weight is 330 g/mol. The third-order valence-corrected chi connectivity index (χ3v) is 5.03. The number of nitrogens with zero attached hydrogens (tertiary/aromatic N) is 1. The van der Waals surface area contributed by atoms with E-state index in [4.69, 9.17) is 0 Å². The molecule has 1 aromatic heterocycles. The minimum atomic E-state index is 0.115. The van der Waals surface area contributed by atoms with E-state index in [2.05, 4.69) is 55.3 Å². The molecule has 1 heterocycles. The Labute approximate surface area is 143 Å². The number of rotatable bonds is 8. The van der Waals surface area contributed by atoms with Gasteiger partial charge in [-0.25, -0.2) is 4.98 Å². The second-order valence-corrected chi connectivity index (χ2v) is 7.33. The van der Waals surface area contributed by atoms with Crippen molar-refractivity contribution < 1.29 is 4.79 Å². The SMILES string of the molecule is CC(CCc1ccccc1)CC(=O)NCc1csc(C(C)C)n1. The zero-order chi connectivity index (χ0) is 16.7. The quantitative estimate of drug-likeness (QED) is 0.772. The maximum Gasteiger partial charge on any atom is 0.220 e. The van der Waals surface area contributed by atoms with Gasteiger partial charge in [0.05, 0.1) is 17.2 Å². The van der Waals surface area contributed by atoms with Crippen molar-refractivity contribution in [2.75, 3.05) is 0 Å². The zero-order valence-electron chi connectivity index (χ0n) is 14.2. The maximum absolute atomic E-state index is 12.0. The predicted octanol–water partition coefficient (Wildman–Crippen LogP) is 4.54. The van der Waals surface area contributed by atoms with Crippen LogP contribution in [0.25, 0.3) is 0 Å². The average Bonchev–Trinajstić information content (AvgIpc) is 3.01. The first-order valence-corrected chi connectivity index (χ1v) is 9.17. The molecular formula is C19H26N2OS. The molecule has 0 fully saturated rings. The van der Waals surface area contributed by atoms with Crippen molar-refractivity contribution >= 4 is 17.2 Å². The van der Waals surface area contributed by atoms with Crippen molar-refractivity contribution in [2.45, 2.75) is 52.5 Å². The second kappa shape index (κ2) is 8.82. The van der Waals surface area contributed by atoms with Crippen molar-refractivity contribution in [3.8, 4) is 0 Å². The van der Waals surface area contributed by atoms with E-state index in [9.17, 15) is 4.79 Å². The van der Waals surface area contributed by atoms with Gasteiger partial charge in [0.2, 0.25) is 5.91 Å². The number of benzene rings is 1. The molecule has 2 aromatic rings.